The molecular formula is C11H19BN4O13P3-. The van der Waals surface area contributed by atoms with E-state index in [9.17, 15) is 33.6 Å². The summed E-state index contributed by atoms with van der Waals surface area (Å²) in [5.41, 5.74) is -0.488. The first-order chi connectivity index (χ1) is 14.6. The number of hydrogen-bond donors (Lipinski definition) is 6. The number of fused-ring (bicyclic) bond motifs is 1. The van der Waals surface area contributed by atoms with E-state index in [2.05, 4.69) is 23.6 Å². The van der Waals surface area contributed by atoms with Crippen LogP contribution in [-0.2, 0) is 31.6 Å². The molecule has 6 N–H and O–H groups in total. The summed E-state index contributed by atoms with van der Waals surface area (Å²) in [6.45, 7) is 0.850. The molecule has 1 aliphatic rings. The van der Waals surface area contributed by atoms with Crippen molar-refractivity contribution in [3.05, 3.63) is 22.5 Å². The number of nitrogens with one attached hydrogen (secondary N) is 1. The minimum Gasteiger partial charge on any atom is -0.387 e. The zero-order chi connectivity index (χ0) is 24.1. The molecule has 0 spiro atoms. The standard InChI is InChI=1S/C11H19BN4O13P3/c1-4-14-9-6(10(19)15-4)13-3-16(9)11-8(18)7(17)5(27-11)2-26-30(12,20)28-32(24,25)29-31(21,22)23/h3,5,7-8,11,17-18H,2H2,1,12H3,(H,24,25)(H,14,15,19)(H2,21,22,23)/q-1/t5-,7?,8+,11-,30?/m1/s1. The van der Waals surface area contributed by atoms with Crippen molar-refractivity contribution in [1.29, 1.82) is 0 Å². The molecule has 180 valence electrons. The maximum atomic E-state index is 12.4. The van der Waals surface area contributed by atoms with Crippen LogP contribution in [0, 0.1) is 6.92 Å². The number of aryl methyl sites for hydroxylation is 1. The van der Waals surface area contributed by atoms with E-state index in [1.807, 2.05) is 0 Å². The first-order valence-electron chi connectivity index (χ1n) is 8.12. The second kappa shape index (κ2) is 8.83. The van der Waals surface area contributed by atoms with Gasteiger partial charge >= 0.3 is 15.6 Å². The van der Waals surface area contributed by atoms with Gasteiger partial charge in [0.05, 0.1) is 20.5 Å². The van der Waals surface area contributed by atoms with Crippen molar-refractivity contribution in [3.63, 3.8) is 0 Å². The lowest BCUT2D eigenvalue weighted by atomic mass is 10.1. The third kappa shape index (κ3) is 5.80. The van der Waals surface area contributed by atoms with E-state index in [4.69, 9.17) is 19.0 Å². The van der Waals surface area contributed by atoms with Crippen LogP contribution in [0.25, 0.3) is 11.2 Å². The molecule has 0 bridgehead atoms. The smallest absolute Gasteiger partial charge is 0.387 e. The fraction of sp³-hybridized carbons (Fsp3) is 0.545. The van der Waals surface area contributed by atoms with Gasteiger partial charge in [0, 0.05) is 0 Å². The Morgan fingerprint density at radius 3 is 2.50 bits per heavy atom. The number of aromatic amines is 1. The van der Waals surface area contributed by atoms with Crippen molar-refractivity contribution >= 4 is 41.8 Å². The maximum Gasteiger partial charge on any atom is 0.485 e. The fourth-order valence-corrected chi connectivity index (χ4v) is 5.30. The van der Waals surface area contributed by atoms with E-state index in [0.717, 1.165) is 0 Å². The van der Waals surface area contributed by atoms with Gasteiger partial charge in [0.15, 0.2) is 24.9 Å². The van der Waals surface area contributed by atoms with Crippen molar-refractivity contribution in [3.8, 4) is 0 Å². The number of nitrogens with zero attached hydrogens (tertiary/aromatic N) is 3. The van der Waals surface area contributed by atoms with Crippen LogP contribution >= 0.6 is 23.1 Å². The molecule has 0 saturated carbocycles. The molecule has 0 radical (unpaired) electrons. The highest BCUT2D eigenvalue weighted by atomic mass is 31.3. The molecule has 1 aliphatic heterocycles. The van der Waals surface area contributed by atoms with Crippen LogP contribution in [-0.4, -0.2) is 76.9 Å². The summed E-state index contributed by atoms with van der Waals surface area (Å²) in [6.07, 6.45) is -4.51. The van der Waals surface area contributed by atoms with E-state index in [-0.39, 0.29) is 17.0 Å². The van der Waals surface area contributed by atoms with Crippen LogP contribution < -0.4 is 5.56 Å². The number of ether oxygens (including phenoxy) is 1. The van der Waals surface area contributed by atoms with Crippen molar-refractivity contribution in [2.24, 2.45) is 0 Å². The Bertz CT molecular complexity index is 1210. The average molecular weight is 519 g/mol. The van der Waals surface area contributed by atoms with Crippen LogP contribution in [0.1, 0.15) is 12.1 Å². The molecule has 1 saturated heterocycles. The quantitative estimate of drug-likeness (QED) is 0.159. The lowest BCUT2D eigenvalue weighted by Gasteiger charge is -2.24. The summed E-state index contributed by atoms with van der Waals surface area (Å²) < 4.78 is 54.2. The van der Waals surface area contributed by atoms with Gasteiger partial charge in [0.25, 0.3) is 5.56 Å². The lowest BCUT2D eigenvalue weighted by molar-refractivity contribution is -0.0479. The van der Waals surface area contributed by atoms with Crippen LogP contribution in [0.4, 0.5) is 0 Å². The van der Waals surface area contributed by atoms with Crippen LogP contribution in [0.2, 0.25) is 0 Å². The number of imidazole rings is 1. The normalized spacial score (nSPS) is 28.0. The number of aliphatic hydroxyl groups is 2. The van der Waals surface area contributed by atoms with Gasteiger partial charge in [-0.2, -0.15) is 4.31 Å². The predicted octanol–water partition coefficient (Wildman–Crippen LogP) is -2.24. The lowest BCUT2D eigenvalue weighted by Crippen LogP contribution is -2.33. The molecule has 2 aromatic heterocycles. The van der Waals surface area contributed by atoms with E-state index in [1.165, 1.54) is 17.8 Å². The summed E-state index contributed by atoms with van der Waals surface area (Å²) in [5.74, 6) is 0.265. The van der Waals surface area contributed by atoms with Gasteiger partial charge in [-0.3, -0.25) is 9.36 Å². The van der Waals surface area contributed by atoms with E-state index >= 15 is 0 Å². The van der Waals surface area contributed by atoms with E-state index < -0.39 is 67.4 Å². The Morgan fingerprint density at radius 2 is 1.88 bits per heavy atom. The number of H-pyrrole nitrogens is 1. The molecule has 0 aliphatic carbocycles. The average Bonchev–Trinajstić information content (AvgIpc) is 3.12. The molecule has 0 amide bonds. The molecule has 3 heterocycles. The third-order valence-electron chi connectivity index (χ3n) is 3.89. The molecule has 0 aromatic carbocycles. The first-order valence-corrected chi connectivity index (χ1v) is 12.2. The van der Waals surface area contributed by atoms with Crippen molar-refractivity contribution in [2.75, 3.05) is 6.61 Å². The summed E-state index contributed by atoms with van der Waals surface area (Å²) in [5, 5.41) is 20.6. The number of phosphoric acid groups is 2. The monoisotopic (exact) mass is 519 g/mol. The van der Waals surface area contributed by atoms with Gasteiger partial charge in [-0.05, 0) is 6.92 Å². The molecular weight excluding hydrogens is 500 g/mol. The Labute approximate surface area is 179 Å². The zero-order valence-electron chi connectivity index (χ0n) is 15.3. The largest absolute Gasteiger partial charge is 0.485 e. The fourth-order valence-electron chi connectivity index (χ4n) is 2.71. The Hall–Kier alpha value is -1.26. The topological polar surface area (TPSA) is 253 Å². The van der Waals surface area contributed by atoms with Gasteiger partial charge in [-0.15, -0.1) is 0 Å². The molecule has 17 nitrogen and oxygen atoms in total. The van der Waals surface area contributed by atoms with E-state index in [0.29, 0.717) is 0 Å². The van der Waals surface area contributed by atoms with Crippen LogP contribution in [0.15, 0.2) is 11.1 Å². The molecule has 21 heteroatoms. The minimum absolute atomic E-state index is 0.0356. The molecule has 1 fully saturated rings. The summed E-state index contributed by atoms with van der Waals surface area (Å²) in [7, 11) is -16.5. The predicted molar refractivity (Wildman–Crippen MR) is 106 cm³/mol. The van der Waals surface area contributed by atoms with Crippen LogP contribution in [0.3, 0.4) is 0 Å². The number of aromatic nitrogens is 4. The second-order valence-electron chi connectivity index (χ2n) is 6.16. The summed E-state index contributed by atoms with van der Waals surface area (Å²) >= 11 is 0. The minimum atomic E-state index is -5.42. The van der Waals surface area contributed by atoms with Gasteiger partial charge in [0.1, 0.15) is 24.1 Å². The molecule has 3 unspecified atom stereocenters. The molecule has 3 rings (SSSR count). The zero-order valence-corrected chi connectivity index (χ0v) is 18.0. The number of rotatable bonds is 8. The summed E-state index contributed by atoms with van der Waals surface area (Å²) in [4.78, 5) is 49.0. The molecule has 2 aromatic rings. The number of aliphatic hydroxyl groups excluding tert-OH is 2. The van der Waals surface area contributed by atoms with Gasteiger partial charge < -0.3 is 43.7 Å². The van der Waals surface area contributed by atoms with Crippen molar-refractivity contribution in [2.45, 2.75) is 31.5 Å². The molecule has 32 heavy (non-hydrogen) atoms. The second-order valence-corrected chi connectivity index (χ2v) is 10.1. The third-order valence-corrected chi connectivity index (χ3v) is 7.28. The highest BCUT2D eigenvalue weighted by molar-refractivity contribution is 7.84. The van der Waals surface area contributed by atoms with Gasteiger partial charge in [-0.1, -0.05) is 0 Å². The Kier molecular flexibility index (Phi) is 7.00. The highest BCUT2D eigenvalue weighted by Crippen LogP contribution is 2.66. The Morgan fingerprint density at radius 1 is 1.22 bits per heavy atom. The maximum absolute atomic E-state index is 12.4. The van der Waals surface area contributed by atoms with Crippen LogP contribution in [0.5, 0.6) is 0 Å². The van der Waals surface area contributed by atoms with E-state index in [1.54, 1.807) is 0 Å². The van der Waals surface area contributed by atoms with Gasteiger partial charge in [0.2, 0.25) is 0 Å². The van der Waals surface area contributed by atoms with Crippen molar-refractivity contribution in [1.82, 2.24) is 19.5 Å². The van der Waals surface area contributed by atoms with Crippen molar-refractivity contribution < 1.29 is 56.5 Å². The summed E-state index contributed by atoms with van der Waals surface area (Å²) in [6, 6.07) is 0. The Balaban J connectivity index is 1.72. The number of hydrogen-bond acceptors (Lipinski definition) is 12. The van der Waals surface area contributed by atoms with Gasteiger partial charge in [-0.25, -0.2) is 23.4 Å². The highest BCUT2D eigenvalue weighted by Gasteiger charge is 2.45. The molecule has 6 atom stereocenters. The SMILES string of the molecule is [BH3-]P(=O)(OC[C@H]1O[C@@H](n2cnc3c(=O)[nH]c(C)nc32)[C@@H](O)C1O)OP(=O)(O)OP(=O)(O)O. The first kappa shape index (κ1) is 25.4.